The lowest BCUT2D eigenvalue weighted by molar-refractivity contribution is 0.507. The van der Waals surface area contributed by atoms with Gasteiger partial charge in [0.15, 0.2) is 0 Å². The summed E-state index contributed by atoms with van der Waals surface area (Å²) < 4.78 is 27.5. The summed E-state index contributed by atoms with van der Waals surface area (Å²) in [6.45, 7) is 0. The van der Waals surface area contributed by atoms with Gasteiger partial charge < -0.3 is 5.73 Å². The van der Waals surface area contributed by atoms with Crippen molar-refractivity contribution >= 4 is 15.8 Å². The molecule has 0 radical (unpaired) electrons. The molecule has 110 valence electrons. The first-order valence-corrected chi connectivity index (χ1v) is 8.33. The van der Waals surface area contributed by atoms with Crippen LogP contribution in [0.5, 0.6) is 0 Å². The van der Waals surface area contributed by atoms with E-state index in [-0.39, 0.29) is 16.8 Å². The average Bonchev–Trinajstić information content (AvgIpc) is 2.47. The van der Waals surface area contributed by atoms with E-state index >= 15 is 0 Å². The van der Waals surface area contributed by atoms with Crippen LogP contribution in [0.2, 0.25) is 0 Å². The average molecular weight is 303 g/mol. The highest BCUT2D eigenvalue weighted by molar-refractivity contribution is 7.89. The Kier molecular flexibility index (Phi) is 3.65. The minimum Gasteiger partial charge on any atom is -0.384 e. The Labute approximate surface area is 124 Å². The number of nitrogen functional groups attached to an aromatic ring is 1. The van der Waals surface area contributed by atoms with E-state index in [0.29, 0.717) is 0 Å². The molecular formula is C15H17N3O2S. The third kappa shape index (κ3) is 3.06. The van der Waals surface area contributed by atoms with Crippen LogP contribution in [0.25, 0.3) is 0 Å². The second-order valence-corrected chi connectivity index (χ2v) is 6.96. The van der Waals surface area contributed by atoms with E-state index in [4.69, 9.17) is 5.73 Å². The van der Waals surface area contributed by atoms with Gasteiger partial charge >= 0.3 is 0 Å². The van der Waals surface area contributed by atoms with Crippen LogP contribution in [0.3, 0.4) is 0 Å². The number of fused-ring (bicyclic) bond motifs is 1. The molecule has 0 aliphatic heterocycles. The van der Waals surface area contributed by atoms with Crippen LogP contribution >= 0.6 is 0 Å². The van der Waals surface area contributed by atoms with E-state index in [9.17, 15) is 8.42 Å². The monoisotopic (exact) mass is 303 g/mol. The molecule has 0 bridgehead atoms. The standard InChI is InChI=1S/C15H17N3O2S/c16-15-10-14(7-8-17-15)21(19,20)18-13-6-5-11-3-1-2-4-12(11)9-13/h1-4,7-8,10,13,18H,5-6,9H2,(H2,16,17). The summed E-state index contributed by atoms with van der Waals surface area (Å²) >= 11 is 0. The van der Waals surface area contributed by atoms with E-state index in [1.54, 1.807) is 0 Å². The minimum absolute atomic E-state index is 0.0840. The largest absolute Gasteiger partial charge is 0.384 e. The SMILES string of the molecule is Nc1cc(S(=O)(=O)NC2CCc3ccccc3C2)ccn1. The molecule has 1 atom stereocenters. The minimum atomic E-state index is -3.55. The lowest BCUT2D eigenvalue weighted by Gasteiger charge is -2.25. The number of hydrogen-bond donors (Lipinski definition) is 2. The van der Waals surface area contributed by atoms with Crippen LogP contribution in [-0.2, 0) is 22.9 Å². The molecule has 1 unspecified atom stereocenters. The number of aryl methyl sites for hydroxylation is 1. The van der Waals surface area contributed by atoms with Crippen molar-refractivity contribution in [2.24, 2.45) is 0 Å². The van der Waals surface area contributed by atoms with Crippen LogP contribution in [0.1, 0.15) is 17.5 Å². The molecule has 1 aromatic carbocycles. The molecule has 0 amide bonds. The Balaban J connectivity index is 1.78. The van der Waals surface area contributed by atoms with Gasteiger partial charge in [-0.3, -0.25) is 0 Å². The zero-order chi connectivity index (χ0) is 14.9. The molecule has 6 heteroatoms. The molecule has 0 spiro atoms. The number of nitrogens with zero attached hydrogens (tertiary/aromatic N) is 1. The van der Waals surface area contributed by atoms with E-state index in [0.717, 1.165) is 19.3 Å². The molecular weight excluding hydrogens is 286 g/mol. The maximum absolute atomic E-state index is 12.4. The number of hydrogen-bond acceptors (Lipinski definition) is 4. The Morgan fingerprint density at radius 2 is 1.95 bits per heavy atom. The van der Waals surface area contributed by atoms with E-state index in [2.05, 4.69) is 21.8 Å². The van der Waals surface area contributed by atoms with Crippen molar-refractivity contribution in [3.8, 4) is 0 Å². The van der Waals surface area contributed by atoms with Gasteiger partial charge in [0.05, 0.1) is 4.90 Å². The van der Waals surface area contributed by atoms with Crippen molar-refractivity contribution in [3.63, 3.8) is 0 Å². The van der Waals surface area contributed by atoms with Crippen molar-refractivity contribution in [2.45, 2.75) is 30.2 Å². The van der Waals surface area contributed by atoms with Crippen molar-refractivity contribution in [1.29, 1.82) is 0 Å². The van der Waals surface area contributed by atoms with Crippen LogP contribution in [0.4, 0.5) is 5.82 Å². The maximum atomic E-state index is 12.4. The number of aromatic nitrogens is 1. The highest BCUT2D eigenvalue weighted by Crippen LogP contribution is 2.22. The Morgan fingerprint density at radius 3 is 2.71 bits per heavy atom. The van der Waals surface area contributed by atoms with Gasteiger partial charge in [-0.05, 0) is 36.5 Å². The Hall–Kier alpha value is -1.92. The number of nitrogens with one attached hydrogen (secondary N) is 1. The summed E-state index contributed by atoms with van der Waals surface area (Å²) in [7, 11) is -3.55. The molecule has 1 heterocycles. The number of sulfonamides is 1. The maximum Gasteiger partial charge on any atom is 0.241 e. The van der Waals surface area contributed by atoms with Crippen LogP contribution in [-0.4, -0.2) is 19.4 Å². The third-order valence-electron chi connectivity index (χ3n) is 3.73. The molecule has 1 aliphatic rings. The van der Waals surface area contributed by atoms with E-state index in [1.807, 2.05) is 12.1 Å². The summed E-state index contributed by atoms with van der Waals surface area (Å²) in [6.07, 6.45) is 3.81. The molecule has 21 heavy (non-hydrogen) atoms. The molecule has 2 aromatic rings. The fourth-order valence-electron chi connectivity index (χ4n) is 2.68. The quantitative estimate of drug-likeness (QED) is 0.900. The highest BCUT2D eigenvalue weighted by Gasteiger charge is 2.24. The fraction of sp³-hybridized carbons (Fsp3) is 0.267. The van der Waals surface area contributed by atoms with Gasteiger partial charge in [0.2, 0.25) is 10.0 Å². The van der Waals surface area contributed by atoms with Crippen molar-refractivity contribution in [3.05, 3.63) is 53.7 Å². The summed E-state index contributed by atoms with van der Waals surface area (Å²) in [6, 6.07) is 10.9. The van der Waals surface area contributed by atoms with Crippen LogP contribution in [0, 0.1) is 0 Å². The summed E-state index contributed by atoms with van der Waals surface area (Å²) in [5, 5.41) is 0. The van der Waals surface area contributed by atoms with Crippen LogP contribution < -0.4 is 10.5 Å². The smallest absolute Gasteiger partial charge is 0.241 e. The van der Waals surface area contributed by atoms with Gasteiger partial charge in [-0.1, -0.05) is 24.3 Å². The Bertz CT molecular complexity index is 759. The van der Waals surface area contributed by atoms with Crippen LogP contribution in [0.15, 0.2) is 47.5 Å². The molecule has 1 aliphatic carbocycles. The number of rotatable bonds is 3. The topological polar surface area (TPSA) is 85.1 Å². The van der Waals surface area contributed by atoms with Crippen molar-refractivity contribution < 1.29 is 8.42 Å². The van der Waals surface area contributed by atoms with Gasteiger partial charge in [0.1, 0.15) is 5.82 Å². The molecule has 3 rings (SSSR count). The predicted octanol–water partition coefficient (Wildman–Crippen LogP) is 1.50. The number of benzene rings is 1. The van der Waals surface area contributed by atoms with Gasteiger partial charge in [-0.15, -0.1) is 0 Å². The van der Waals surface area contributed by atoms with Crippen molar-refractivity contribution in [1.82, 2.24) is 9.71 Å². The second-order valence-electron chi connectivity index (χ2n) is 5.25. The molecule has 1 aromatic heterocycles. The zero-order valence-corrected chi connectivity index (χ0v) is 12.3. The van der Waals surface area contributed by atoms with Gasteiger partial charge in [0, 0.05) is 18.3 Å². The molecule has 0 fully saturated rings. The molecule has 0 saturated heterocycles. The number of nitrogens with two attached hydrogens (primary N) is 1. The first-order valence-electron chi connectivity index (χ1n) is 6.85. The van der Waals surface area contributed by atoms with E-state index < -0.39 is 10.0 Å². The highest BCUT2D eigenvalue weighted by atomic mass is 32.2. The summed E-state index contributed by atoms with van der Waals surface area (Å²) in [5.41, 5.74) is 8.07. The van der Waals surface area contributed by atoms with E-state index in [1.165, 1.54) is 29.5 Å². The predicted molar refractivity (Wildman–Crippen MR) is 81.2 cm³/mol. The summed E-state index contributed by atoms with van der Waals surface area (Å²) in [5.74, 6) is 0.201. The van der Waals surface area contributed by atoms with Gasteiger partial charge in [0.25, 0.3) is 0 Å². The fourth-order valence-corrected chi connectivity index (χ4v) is 3.97. The van der Waals surface area contributed by atoms with Gasteiger partial charge in [-0.2, -0.15) is 0 Å². The molecule has 0 saturated carbocycles. The third-order valence-corrected chi connectivity index (χ3v) is 5.25. The number of pyridine rings is 1. The Morgan fingerprint density at radius 1 is 1.19 bits per heavy atom. The first-order chi connectivity index (χ1) is 10.0. The summed E-state index contributed by atoms with van der Waals surface area (Å²) in [4.78, 5) is 3.98. The lowest BCUT2D eigenvalue weighted by atomic mass is 9.89. The number of anilines is 1. The zero-order valence-electron chi connectivity index (χ0n) is 11.5. The lowest BCUT2D eigenvalue weighted by Crippen LogP contribution is -2.38. The normalized spacial score (nSPS) is 18.2. The van der Waals surface area contributed by atoms with Crippen molar-refractivity contribution in [2.75, 3.05) is 5.73 Å². The first kappa shape index (κ1) is 14.0. The van der Waals surface area contributed by atoms with Gasteiger partial charge in [-0.25, -0.2) is 18.1 Å². The molecule has 3 N–H and O–H groups in total. The second kappa shape index (κ2) is 5.46. The molecule has 5 nitrogen and oxygen atoms in total.